The van der Waals surface area contributed by atoms with Gasteiger partial charge < -0.3 is 20.4 Å². The molecule has 2 amide bonds. The lowest BCUT2D eigenvalue weighted by atomic mass is 10.1. The van der Waals surface area contributed by atoms with Crippen LogP contribution in [0.5, 0.6) is 11.6 Å². The molecule has 0 aliphatic heterocycles. The Balaban J connectivity index is 1.37. The third-order valence-electron chi connectivity index (χ3n) is 6.09. The predicted octanol–water partition coefficient (Wildman–Crippen LogP) is 3.40. The lowest BCUT2D eigenvalue weighted by molar-refractivity contribution is -0.119. The molecule has 0 radical (unpaired) electrons. The van der Waals surface area contributed by atoms with E-state index in [0.717, 1.165) is 31.2 Å². The van der Waals surface area contributed by atoms with Gasteiger partial charge in [-0.15, -0.1) is 0 Å². The van der Waals surface area contributed by atoms with Crippen LogP contribution >= 0.6 is 0 Å². The van der Waals surface area contributed by atoms with E-state index in [1.54, 1.807) is 6.20 Å². The van der Waals surface area contributed by atoms with Gasteiger partial charge in [0, 0.05) is 19.2 Å². The quantitative estimate of drug-likeness (QED) is 0.567. The summed E-state index contributed by atoms with van der Waals surface area (Å²) in [7, 11) is 0. The fourth-order valence-corrected chi connectivity index (χ4v) is 4.26. The van der Waals surface area contributed by atoms with Crippen molar-refractivity contribution in [1.82, 2.24) is 25.6 Å². The Morgan fingerprint density at radius 1 is 1.26 bits per heavy atom. The van der Waals surface area contributed by atoms with E-state index >= 15 is 0 Å². The zero-order chi connectivity index (χ0) is 21.5. The molecule has 1 saturated carbocycles. The molecule has 3 N–H and O–H groups in total. The van der Waals surface area contributed by atoms with Crippen molar-refractivity contribution in [2.24, 2.45) is 5.92 Å². The number of carbonyl (C=O) groups is 2. The summed E-state index contributed by atoms with van der Waals surface area (Å²) in [5.74, 6) is 1.29. The van der Waals surface area contributed by atoms with E-state index < -0.39 is 0 Å². The first-order valence-corrected chi connectivity index (χ1v) is 10.7. The van der Waals surface area contributed by atoms with Crippen LogP contribution in [0.1, 0.15) is 60.6 Å². The minimum Gasteiger partial charge on any atom is -0.437 e. The minimum absolute atomic E-state index is 0.00181. The van der Waals surface area contributed by atoms with Crippen molar-refractivity contribution in [2.75, 3.05) is 0 Å². The van der Waals surface area contributed by atoms with Crippen molar-refractivity contribution in [3.8, 4) is 11.6 Å². The summed E-state index contributed by atoms with van der Waals surface area (Å²) >= 11 is 0. The molecule has 3 aromatic rings. The van der Waals surface area contributed by atoms with Gasteiger partial charge in [-0.25, -0.2) is 9.97 Å². The molecule has 1 fully saturated rings. The molecule has 160 valence electrons. The summed E-state index contributed by atoms with van der Waals surface area (Å²) in [6.07, 6.45) is 7.30. The van der Waals surface area contributed by atoms with Gasteiger partial charge in [0.15, 0.2) is 5.65 Å². The van der Waals surface area contributed by atoms with Crippen LogP contribution in [0.2, 0.25) is 0 Å². The maximum atomic E-state index is 12.7. The molecular weight excluding hydrogens is 394 g/mol. The number of aryl methyl sites for hydroxylation is 1. The Bertz CT molecular complexity index is 1170. The number of aromatic nitrogens is 3. The van der Waals surface area contributed by atoms with Crippen LogP contribution in [0, 0.1) is 5.92 Å². The molecule has 0 unspecified atom stereocenters. The summed E-state index contributed by atoms with van der Waals surface area (Å²) < 4.78 is 5.97. The lowest BCUT2D eigenvalue weighted by Gasteiger charge is -2.14. The molecule has 31 heavy (non-hydrogen) atoms. The second kappa shape index (κ2) is 7.68. The maximum absolute atomic E-state index is 12.7. The number of carbonyl (C=O) groups excluding carboxylic acids is 2. The fraction of sp³-hybridized carbons (Fsp3) is 0.391. The first kappa shape index (κ1) is 19.5. The predicted molar refractivity (Wildman–Crippen MR) is 115 cm³/mol. The minimum atomic E-state index is -0.159. The average Bonchev–Trinajstić information content (AvgIpc) is 3.40. The Morgan fingerprint density at radius 2 is 2.10 bits per heavy atom. The number of hydrogen-bond donors (Lipinski definition) is 3. The van der Waals surface area contributed by atoms with Crippen molar-refractivity contribution in [3.63, 3.8) is 0 Å². The molecule has 2 aliphatic carbocycles. The number of H-pyrrole nitrogens is 1. The van der Waals surface area contributed by atoms with Crippen LogP contribution in [0.3, 0.4) is 0 Å². The third kappa shape index (κ3) is 3.97. The van der Waals surface area contributed by atoms with Crippen LogP contribution in [0.15, 0.2) is 30.6 Å². The van der Waals surface area contributed by atoms with Gasteiger partial charge in [0.05, 0.1) is 17.8 Å². The third-order valence-corrected chi connectivity index (χ3v) is 6.09. The molecule has 2 aromatic heterocycles. The van der Waals surface area contributed by atoms with Crippen molar-refractivity contribution in [1.29, 1.82) is 0 Å². The lowest BCUT2D eigenvalue weighted by Crippen LogP contribution is -2.33. The van der Waals surface area contributed by atoms with Gasteiger partial charge in [0.2, 0.25) is 11.8 Å². The first-order chi connectivity index (χ1) is 15.0. The highest BCUT2D eigenvalue weighted by Crippen LogP contribution is 2.35. The Kier molecular flexibility index (Phi) is 4.84. The topological polar surface area (TPSA) is 109 Å². The number of benzene rings is 1. The second-order valence-corrected chi connectivity index (χ2v) is 8.46. The molecule has 0 saturated heterocycles. The summed E-state index contributed by atoms with van der Waals surface area (Å²) in [4.78, 5) is 36.1. The standard InChI is InChI=1S/C23H25N5O3/c1-12(14-3-4-14)26-23(30)18-10-24-22-21(18)28-20(11-25-22)31-16-7-5-15-6-8-19(17(15)9-16)27-13(2)29/h5,7,9-12,14,19H,3-4,6,8H2,1-2H3,(H,24,25)(H,26,30)(H,27,29)/t12-,19-/m1/s1. The van der Waals surface area contributed by atoms with Crippen molar-refractivity contribution in [2.45, 2.75) is 51.6 Å². The molecule has 8 nitrogen and oxygen atoms in total. The largest absolute Gasteiger partial charge is 0.437 e. The molecule has 5 rings (SSSR count). The zero-order valence-corrected chi connectivity index (χ0v) is 17.6. The Morgan fingerprint density at radius 3 is 2.87 bits per heavy atom. The summed E-state index contributed by atoms with van der Waals surface area (Å²) in [5.41, 5.74) is 3.76. The summed E-state index contributed by atoms with van der Waals surface area (Å²) in [5, 5.41) is 6.04. The van der Waals surface area contributed by atoms with E-state index in [0.29, 0.717) is 34.3 Å². The molecule has 2 aliphatic rings. The first-order valence-electron chi connectivity index (χ1n) is 10.7. The Labute approximate surface area is 179 Å². The van der Waals surface area contributed by atoms with Crippen LogP contribution in [-0.2, 0) is 11.2 Å². The van der Waals surface area contributed by atoms with Gasteiger partial charge >= 0.3 is 0 Å². The van der Waals surface area contributed by atoms with Crippen molar-refractivity contribution < 1.29 is 14.3 Å². The number of ether oxygens (including phenoxy) is 1. The normalized spacial score (nSPS) is 18.5. The van der Waals surface area contributed by atoms with Crippen LogP contribution < -0.4 is 15.4 Å². The van der Waals surface area contributed by atoms with E-state index in [2.05, 4.69) is 25.6 Å². The van der Waals surface area contributed by atoms with Gasteiger partial charge in [-0.05, 0) is 61.8 Å². The van der Waals surface area contributed by atoms with Crippen LogP contribution in [-0.4, -0.2) is 32.8 Å². The highest BCUT2D eigenvalue weighted by molar-refractivity contribution is 6.04. The molecule has 2 atom stereocenters. The number of hydrogen-bond acceptors (Lipinski definition) is 5. The van der Waals surface area contributed by atoms with Gasteiger partial charge in [-0.1, -0.05) is 6.07 Å². The number of fused-ring (bicyclic) bond motifs is 2. The molecule has 1 aromatic carbocycles. The van der Waals surface area contributed by atoms with Crippen molar-refractivity contribution in [3.05, 3.63) is 47.3 Å². The SMILES string of the molecule is CC(=O)N[C@@H]1CCc2ccc(Oc3cnc4[nH]cc(C(=O)N[C@H](C)C5CC5)c4n3)cc21. The maximum Gasteiger partial charge on any atom is 0.255 e. The fourth-order valence-electron chi connectivity index (χ4n) is 4.26. The number of rotatable bonds is 6. The monoisotopic (exact) mass is 419 g/mol. The zero-order valence-electron chi connectivity index (χ0n) is 17.6. The highest BCUT2D eigenvalue weighted by atomic mass is 16.5. The van der Waals surface area contributed by atoms with Gasteiger partial charge in [0.25, 0.3) is 5.91 Å². The van der Waals surface area contributed by atoms with E-state index in [1.165, 1.54) is 18.7 Å². The average molecular weight is 419 g/mol. The van der Waals surface area contributed by atoms with E-state index in [1.807, 2.05) is 25.1 Å². The smallest absolute Gasteiger partial charge is 0.255 e. The van der Waals surface area contributed by atoms with E-state index in [-0.39, 0.29) is 23.9 Å². The van der Waals surface area contributed by atoms with Crippen LogP contribution in [0.4, 0.5) is 0 Å². The van der Waals surface area contributed by atoms with E-state index in [9.17, 15) is 9.59 Å². The summed E-state index contributed by atoms with van der Waals surface area (Å²) in [6, 6.07) is 6.00. The molecule has 8 heteroatoms. The van der Waals surface area contributed by atoms with Gasteiger partial charge in [-0.2, -0.15) is 0 Å². The van der Waals surface area contributed by atoms with Crippen LogP contribution in [0.25, 0.3) is 11.2 Å². The molecular formula is C23H25N5O3. The number of nitrogens with one attached hydrogen (secondary N) is 3. The van der Waals surface area contributed by atoms with Gasteiger partial charge in [-0.3, -0.25) is 9.59 Å². The molecule has 2 heterocycles. The molecule has 0 bridgehead atoms. The number of nitrogens with zero attached hydrogens (tertiary/aromatic N) is 2. The highest BCUT2D eigenvalue weighted by Gasteiger charge is 2.30. The van der Waals surface area contributed by atoms with Gasteiger partial charge in [0.1, 0.15) is 11.3 Å². The van der Waals surface area contributed by atoms with Crippen molar-refractivity contribution >= 4 is 23.0 Å². The summed E-state index contributed by atoms with van der Waals surface area (Å²) in [6.45, 7) is 3.56. The number of aromatic amines is 1. The molecule has 0 spiro atoms. The van der Waals surface area contributed by atoms with E-state index in [4.69, 9.17) is 4.74 Å². The second-order valence-electron chi connectivity index (χ2n) is 8.46. The Hall–Kier alpha value is -3.42. The number of amides is 2.